The first-order valence-electron chi connectivity index (χ1n) is 8.15. The molecule has 5 nitrogen and oxygen atoms in total. The maximum atomic E-state index is 10.3. The Kier molecular flexibility index (Phi) is 7.98. The predicted octanol–water partition coefficient (Wildman–Crippen LogP) is 3.22. The SMILES string of the molecule is CCNC(=NCC(O)c1ccccc1Cl)NCCc1ccc(Cl)nc1. The Hall–Kier alpha value is -1.82. The molecule has 2 rings (SSSR count). The summed E-state index contributed by atoms with van der Waals surface area (Å²) in [4.78, 5) is 8.49. The predicted molar refractivity (Wildman–Crippen MR) is 103 cm³/mol. The van der Waals surface area contributed by atoms with Crippen molar-refractivity contribution in [3.63, 3.8) is 0 Å². The summed E-state index contributed by atoms with van der Waals surface area (Å²) < 4.78 is 0. The zero-order chi connectivity index (χ0) is 18.1. The van der Waals surface area contributed by atoms with E-state index in [1.165, 1.54) is 0 Å². The molecule has 2 aromatic rings. The summed E-state index contributed by atoms with van der Waals surface area (Å²) in [5, 5.41) is 17.7. The fourth-order valence-corrected chi connectivity index (χ4v) is 2.62. The van der Waals surface area contributed by atoms with Crippen LogP contribution in [0.5, 0.6) is 0 Å². The van der Waals surface area contributed by atoms with Gasteiger partial charge in [0, 0.05) is 29.9 Å². The zero-order valence-electron chi connectivity index (χ0n) is 14.0. The van der Waals surface area contributed by atoms with E-state index in [0.717, 1.165) is 18.5 Å². The number of nitrogens with zero attached hydrogens (tertiary/aromatic N) is 2. The van der Waals surface area contributed by atoms with Crippen molar-refractivity contribution in [1.82, 2.24) is 15.6 Å². The van der Waals surface area contributed by atoms with Gasteiger partial charge in [-0.1, -0.05) is 47.5 Å². The lowest BCUT2D eigenvalue weighted by Crippen LogP contribution is -2.38. The number of aliphatic hydroxyl groups excluding tert-OH is 1. The van der Waals surface area contributed by atoms with E-state index >= 15 is 0 Å². The van der Waals surface area contributed by atoms with Gasteiger partial charge < -0.3 is 15.7 Å². The van der Waals surface area contributed by atoms with Crippen LogP contribution in [0.3, 0.4) is 0 Å². The van der Waals surface area contributed by atoms with Crippen LogP contribution in [0.15, 0.2) is 47.6 Å². The maximum Gasteiger partial charge on any atom is 0.191 e. The fourth-order valence-electron chi connectivity index (χ4n) is 2.24. The summed E-state index contributed by atoms with van der Waals surface area (Å²) in [6.07, 6.45) is 1.81. The summed E-state index contributed by atoms with van der Waals surface area (Å²) in [6, 6.07) is 11.0. The Morgan fingerprint density at radius 1 is 1.20 bits per heavy atom. The van der Waals surface area contributed by atoms with Crippen molar-refractivity contribution in [2.45, 2.75) is 19.4 Å². The number of hydrogen-bond donors (Lipinski definition) is 3. The maximum absolute atomic E-state index is 10.3. The molecule has 1 aromatic heterocycles. The highest BCUT2D eigenvalue weighted by Crippen LogP contribution is 2.22. The Balaban J connectivity index is 1.89. The fraction of sp³-hybridized carbons (Fsp3) is 0.333. The number of aromatic nitrogens is 1. The number of hydrogen-bond acceptors (Lipinski definition) is 3. The van der Waals surface area contributed by atoms with Crippen molar-refractivity contribution >= 4 is 29.2 Å². The molecule has 0 amide bonds. The van der Waals surface area contributed by atoms with Gasteiger partial charge in [0.25, 0.3) is 0 Å². The molecule has 0 radical (unpaired) electrons. The first kappa shape index (κ1) is 19.5. The molecule has 0 fully saturated rings. The van der Waals surface area contributed by atoms with Gasteiger partial charge in [-0.2, -0.15) is 0 Å². The molecule has 0 bridgehead atoms. The lowest BCUT2D eigenvalue weighted by atomic mass is 10.1. The van der Waals surface area contributed by atoms with Crippen molar-refractivity contribution in [2.75, 3.05) is 19.6 Å². The molecule has 1 unspecified atom stereocenters. The first-order chi connectivity index (χ1) is 12.1. The second-order valence-corrected chi connectivity index (χ2v) is 6.22. The van der Waals surface area contributed by atoms with Gasteiger partial charge in [-0.25, -0.2) is 4.98 Å². The smallest absolute Gasteiger partial charge is 0.191 e. The number of rotatable bonds is 7. The van der Waals surface area contributed by atoms with Gasteiger partial charge in [-0.3, -0.25) is 4.99 Å². The molecule has 1 atom stereocenters. The highest BCUT2D eigenvalue weighted by Gasteiger charge is 2.10. The third kappa shape index (κ3) is 6.53. The average Bonchev–Trinajstić information content (AvgIpc) is 2.61. The Morgan fingerprint density at radius 3 is 2.68 bits per heavy atom. The summed E-state index contributed by atoms with van der Waals surface area (Å²) in [5.41, 5.74) is 1.76. The van der Waals surface area contributed by atoms with E-state index in [0.29, 0.717) is 28.2 Å². The number of aliphatic imine (C=N–C) groups is 1. The Labute approximate surface area is 158 Å². The van der Waals surface area contributed by atoms with Crippen molar-refractivity contribution in [1.29, 1.82) is 0 Å². The molecule has 3 N–H and O–H groups in total. The van der Waals surface area contributed by atoms with Crippen molar-refractivity contribution < 1.29 is 5.11 Å². The molecule has 0 aliphatic rings. The lowest BCUT2D eigenvalue weighted by Gasteiger charge is -2.14. The normalized spacial score (nSPS) is 12.7. The molecular weight excluding hydrogens is 359 g/mol. The van der Waals surface area contributed by atoms with Crippen LogP contribution in [0.25, 0.3) is 0 Å². The molecule has 1 heterocycles. The van der Waals surface area contributed by atoms with Gasteiger partial charge in [0.1, 0.15) is 11.3 Å². The van der Waals surface area contributed by atoms with Gasteiger partial charge >= 0.3 is 0 Å². The molecule has 25 heavy (non-hydrogen) atoms. The van der Waals surface area contributed by atoms with Crippen LogP contribution in [0.2, 0.25) is 10.2 Å². The highest BCUT2D eigenvalue weighted by atomic mass is 35.5. The van der Waals surface area contributed by atoms with E-state index < -0.39 is 6.10 Å². The minimum atomic E-state index is -0.746. The van der Waals surface area contributed by atoms with E-state index in [4.69, 9.17) is 23.2 Å². The van der Waals surface area contributed by atoms with Gasteiger partial charge in [0.15, 0.2) is 5.96 Å². The summed E-state index contributed by atoms with van der Waals surface area (Å²) in [5.74, 6) is 0.649. The number of halogens is 2. The quantitative estimate of drug-likeness (QED) is 0.391. The van der Waals surface area contributed by atoms with E-state index in [9.17, 15) is 5.11 Å². The lowest BCUT2D eigenvalue weighted by molar-refractivity contribution is 0.187. The average molecular weight is 381 g/mol. The second-order valence-electron chi connectivity index (χ2n) is 5.42. The molecule has 1 aromatic carbocycles. The summed E-state index contributed by atoms with van der Waals surface area (Å²) in [7, 11) is 0. The van der Waals surface area contributed by atoms with Crippen LogP contribution in [-0.2, 0) is 6.42 Å². The first-order valence-corrected chi connectivity index (χ1v) is 8.91. The highest BCUT2D eigenvalue weighted by molar-refractivity contribution is 6.31. The number of nitrogens with one attached hydrogen (secondary N) is 2. The molecule has 134 valence electrons. The van der Waals surface area contributed by atoms with Gasteiger partial charge in [0.05, 0.1) is 6.54 Å². The molecule has 0 spiro atoms. The van der Waals surface area contributed by atoms with Crippen LogP contribution in [0.4, 0.5) is 0 Å². The topological polar surface area (TPSA) is 69.5 Å². The molecule has 0 saturated carbocycles. The molecular formula is C18H22Cl2N4O. The molecule has 0 aliphatic heterocycles. The number of benzene rings is 1. The van der Waals surface area contributed by atoms with Gasteiger partial charge in [-0.05, 0) is 31.0 Å². The summed E-state index contributed by atoms with van der Waals surface area (Å²) in [6.45, 7) is 3.64. The van der Waals surface area contributed by atoms with Crippen LogP contribution in [0, 0.1) is 0 Å². The second kappa shape index (κ2) is 10.2. The minimum Gasteiger partial charge on any atom is -0.386 e. The standard InChI is InChI=1S/C18H22Cl2N4O/c1-2-21-18(22-10-9-13-7-8-17(20)23-11-13)24-12-16(25)14-5-3-4-6-15(14)19/h3-8,11,16,25H,2,9-10,12H2,1H3,(H2,21,22,24). The summed E-state index contributed by atoms with van der Waals surface area (Å²) >= 11 is 11.9. The molecule has 7 heteroatoms. The molecule has 0 saturated heterocycles. The van der Waals surface area contributed by atoms with Crippen LogP contribution in [-0.4, -0.2) is 35.7 Å². The van der Waals surface area contributed by atoms with Gasteiger partial charge in [0.2, 0.25) is 0 Å². The van der Waals surface area contributed by atoms with E-state index in [1.54, 1.807) is 24.4 Å². The van der Waals surface area contributed by atoms with Crippen molar-refractivity contribution in [2.24, 2.45) is 4.99 Å². The van der Waals surface area contributed by atoms with E-state index in [-0.39, 0.29) is 6.54 Å². The molecule has 0 aliphatic carbocycles. The number of aliphatic hydroxyl groups is 1. The third-order valence-corrected chi connectivity index (χ3v) is 4.09. The van der Waals surface area contributed by atoms with Gasteiger partial charge in [-0.15, -0.1) is 0 Å². The minimum absolute atomic E-state index is 0.224. The number of guanidine groups is 1. The van der Waals surface area contributed by atoms with E-state index in [2.05, 4.69) is 20.6 Å². The third-order valence-electron chi connectivity index (χ3n) is 3.53. The Morgan fingerprint density at radius 2 is 2.00 bits per heavy atom. The number of pyridine rings is 1. The monoisotopic (exact) mass is 380 g/mol. The van der Waals surface area contributed by atoms with E-state index in [1.807, 2.05) is 25.1 Å². The van der Waals surface area contributed by atoms with Crippen molar-refractivity contribution in [3.05, 3.63) is 63.9 Å². The van der Waals surface area contributed by atoms with Crippen molar-refractivity contribution in [3.8, 4) is 0 Å². The van der Waals surface area contributed by atoms with Crippen LogP contribution >= 0.6 is 23.2 Å². The Bertz CT molecular complexity index is 692. The van der Waals surface area contributed by atoms with Crippen LogP contribution in [0.1, 0.15) is 24.2 Å². The largest absolute Gasteiger partial charge is 0.386 e. The zero-order valence-corrected chi connectivity index (χ0v) is 15.6. The van der Waals surface area contributed by atoms with Crippen LogP contribution < -0.4 is 10.6 Å².